The van der Waals surface area contributed by atoms with Crippen LogP contribution < -0.4 is 20.7 Å². The number of nitro benzene ring substituents is 1. The van der Waals surface area contributed by atoms with Crippen molar-refractivity contribution < 1.29 is 14.5 Å². The van der Waals surface area contributed by atoms with Crippen molar-refractivity contribution in [1.29, 1.82) is 0 Å². The molecule has 0 aromatic heterocycles. The SMILES string of the molecule is CC(C)(C)NC(=O)COc1ccc(CNCCNc2ccc([N+](=O)[O-])cc2Cl)cc1.Cl. The van der Waals surface area contributed by atoms with E-state index in [0.717, 1.165) is 5.56 Å². The minimum absolute atomic E-state index is 0. The number of carbonyl (C=O) groups excluding carboxylic acids is 1. The second-order valence-corrected chi connectivity index (χ2v) is 8.16. The standard InChI is InChI=1S/C21H27ClN4O4.ClH/c1-21(2,3)25-20(27)14-30-17-7-4-15(5-8-17)13-23-10-11-24-19-9-6-16(26(28)29)12-18(19)22;/h4-9,12,23-24H,10-11,13-14H2,1-3H3,(H,25,27);1H. The molecule has 0 heterocycles. The third-order valence-electron chi connectivity index (χ3n) is 3.92. The van der Waals surface area contributed by atoms with Crippen LogP contribution in [0.1, 0.15) is 26.3 Å². The van der Waals surface area contributed by atoms with Gasteiger partial charge < -0.3 is 20.7 Å². The number of benzene rings is 2. The molecule has 2 aromatic carbocycles. The van der Waals surface area contributed by atoms with E-state index in [1.54, 1.807) is 6.07 Å². The van der Waals surface area contributed by atoms with Gasteiger partial charge in [-0.1, -0.05) is 23.7 Å². The van der Waals surface area contributed by atoms with Crippen LogP contribution in [0.2, 0.25) is 5.02 Å². The molecule has 0 aliphatic rings. The molecule has 10 heteroatoms. The fourth-order valence-electron chi connectivity index (χ4n) is 2.59. The number of non-ortho nitro benzene ring substituents is 1. The molecule has 0 unspecified atom stereocenters. The van der Waals surface area contributed by atoms with Gasteiger partial charge in [-0.05, 0) is 44.5 Å². The van der Waals surface area contributed by atoms with E-state index in [1.807, 2.05) is 45.0 Å². The third-order valence-corrected chi connectivity index (χ3v) is 4.23. The maximum absolute atomic E-state index is 11.8. The highest BCUT2D eigenvalue weighted by Gasteiger charge is 2.14. The average Bonchev–Trinajstić information content (AvgIpc) is 2.66. The maximum atomic E-state index is 11.8. The first kappa shape index (κ1) is 26.5. The average molecular weight is 471 g/mol. The Bertz CT molecular complexity index is 871. The van der Waals surface area contributed by atoms with Gasteiger partial charge >= 0.3 is 0 Å². The smallest absolute Gasteiger partial charge is 0.271 e. The number of rotatable bonds is 10. The van der Waals surface area contributed by atoms with Gasteiger partial charge in [-0.15, -0.1) is 12.4 Å². The van der Waals surface area contributed by atoms with Crippen molar-refractivity contribution in [2.75, 3.05) is 25.0 Å². The molecule has 2 rings (SSSR count). The Balaban J connectivity index is 0.00000480. The number of halogens is 2. The Labute approximate surface area is 193 Å². The van der Waals surface area contributed by atoms with E-state index in [4.69, 9.17) is 16.3 Å². The number of ether oxygens (including phenoxy) is 1. The van der Waals surface area contributed by atoms with Crippen molar-refractivity contribution >= 4 is 41.3 Å². The molecule has 31 heavy (non-hydrogen) atoms. The Kier molecular flexibility index (Phi) is 10.5. The van der Waals surface area contributed by atoms with E-state index >= 15 is 0 Å². The van der Waals surface area contributed by atoms with Crippen molar-refractivity contribution in [3.63, 3.8) is 0 Å². The van der Waals surface area contributed by atoms with Crippen molar-refractivity contribution in [2.24, 2.45) is 0 Å². The molecule has 3 N–H and O–H groups in total. The zero-order chi connectivity index (χ0) is 22.1. The largest absolute Gasteiger partial charge is 0.484 e. The summed E-state index contributed by atoms with van der Waals surface area (Å²) in [5.41, 5.74) is 1.41. The number of nitrogens with zero attached hydrogens (tertiary/aromatic N) is 1. The van der Waals surface area contributed by atoms with Crippen molar-refractivity contribution in [2.45, 2.75) is 32.9 Å². The van der Waals surface area contributed by atoms with E-state index in [9.17, 15) is 14.9 Å². The molecule has 0 atom stereocenters. The van der Waals surface area contributed by atoms with E-state index in [0.29, 0.717) is 36.1 Å². The van der Waals surface area contributed by atoms with Gasteiger partial charge in [0.25, 0.3) is 11.6 Å². The maximum Gasteiger partial charge on any atom is 0.271 e. The predicted molar refractivity (Wildman–Crippen MR) is 125 cm³/mol. The van der Waals surface area contributed by atoms with Crippen LogP contribution in [0.15, 0.2) is 42.5 Å². The second-order valence-electron chi connectivity index (χ2n) is 7.76. The summed E-state index contributed by atoms with van der Waals surface area (Å²) in [5.74, 6) is 0.478. The Hall–Kier alpha value is -2.55. The zero-order valence-corrected chi connectivity index (χ0v) is 19.3. The summed E-state index contributed by atoms with van der Waals surface area (Å²) >= 11 is 6.05. The number of amides is 1. The fraction of sp³-hybridized carbons (Fsp3) is 0.381. The van der Waals surface area contributed by atoms with E-state index in [-0.39, 0.29) is 36.1 Å². The van der Waals surface area contributed by atoms with Gasteiger partial charge in [-0.2, -0.15) is 0 Å². The fourth-order valence-corrected chi connectivity index (χ4v) is 2.83. The summed E-state index contributed by atoms with van der Waals surface area (Å²) in [6, 6.07) is 11.9. The number of anilines is 1. The summed E-state index contributed by atoms with van der Waals surface area (Å²) in [4.78, 5) is 22.0. The van der Waals surface area contributed by atoms with Gasteiger partial charge in [-0.3, -0.25) is 14.9 Å². The number of nitro groups is 1. The molecule has 0 bridgehead atoms. The summed E-state index contributed by atoms with van der Waals surface area (Å²) < 4.78 is 5.50. The van der Waals surface area contributed by atoms with Crippen molar-refractivity contribution in [3.05, 3.63) is 63.2 Å². The second kappa shape index (κ2) is 12.3. The first-order valence-corrected chi connectivity index (χ1v) is 9.93. The van der Waals surface area contributed by atoms with Gasteiger partial charge in [0.05, 0.1) is 15.6 Å². The molecule has 8 nitrogen and oxygen atoms in total. The lowest BCUT2D eigenvalue weighted by molar-refractivity contribution is -0.384. The van der Waals surface area contributed by atoms with E-state index in [1.165, 1.54) is 12.1 Å². The Morgan fingerprint density at radius 2 is 1.81 bits per heavy atom. The Morgan fingerprint density at radius 3 is 2.39 bits per heavy atom. The first-order valence-electron chi connectivity index (χ1n) is 9.55. The number of nitrogens with one attached hydrogen (secondary N) is 3. The summed E-state index contributed by atoms with van der Waals surface area (Å²) in [7, 11) is 0. The Morgan fingerprint density at radius 1 is 1.13 bits per heavy atom. The van der Waals surface area contributed by atoms with Gasteiger partial charge in [-0.25, -0.2) is 0 Å². The molecule has 170 valence electrons. The van der Waals surface area contributed by atoms with Crippen LogP contribution >= 0.6 is 24.0 Å². The zero-order valence-electron chi connectivity index (χ0n) is 17.7. The van der Waals surface area contributed by atoms with E-state index < -0.39 is 4.92 Å². The molecule has 0 radical (unpaired) electrons. The molecule has 0 aliphatic heterocycles. The van der Waals surface area contributed by atoms with Crippen molar-refractivity contribution in [3.8, 4) is 5.75 Å². The number of hydrogen-bond donors (Lipinski definition) is 3. The highest BCUT2D eigenvalue weighted by Crippen LogP contribution is 2.26. The van der Waals surface area contributed by atoms with Crippen molar-refractivity contribution in [1.82, 2.24) is 10.6 Å². The third kappa shape index (κ3) is 9.87. The molecular weight excluding hydrogens is 443 g/mol. The van der Waals surface area contributed by atoms with Crippen LogP contribution in [0.25, 0.3) is 0 Å². The minimum Gasteiger partial charge on any atom is -0.484 e. The molecule has 2 aromatic rings. The van der Waals surface area contributed by atoms with Crippen LogP contribution in [0.4, 0.5) is 11.4 Å². The highest BCUT2D eigenvalue weighted by molar-refractivity contribution is 6.33. The molecule has 0 aliphatic carbocycles. The summed E-state index contributed by atoms with van der Waals surface area (Å²) in [6.45, 7) is 7.70. The lowest BCUT2D eigenvalue weighted by Gasteiger charge is -2.20. The van der Waals surface area contributed by atoms with Crippen LogP contribution in [-0.2, 0) is 11.3 Å². The number of hydrogen-bond acceptors (Lipinski definition) is 6. The number of carbonyl (C=O) groups is 1. The molecule has 0 fully saturated rings. The molecule has 0 saturated heterocycles. The predicted octanol–water partition coefficient (Wildman–Crippen LogP) is 4.17. The molecule has 1 amide bonds. The van der Waals surface area contributed by atoms with Gasteiger partial charge in [0.2, 0.25) is 0 Å². The lowest BCUT2D eigenvalue weighted by Crippen LogP contribution is -2.43. The summed E-state index contributed by atoms with van der Waals surface area (Å²) in [5, 5.41) is 20.3. The van der Waals surface area contributed by atoms with Crippen LogP contribution in [0, 0.1) is 10.1 Å². The highest BCUT2D eigenvalue weighted by atomic mass is 35.5. The topological polar surface area (TPSA) is 106 Å². The van der Waals surface area contributed by atoms with Gasteiger partial charge in [0.15, 0.2) is 6.61 Å². The molecular formula is C21H28Cl2N4O4. The summed E-state index contributed by atoms with van der Waals surface area (Å²) in [6.07, 6.45) is 0. The van der Waals surface area contributed by atoms with Gasteiger partial charge in [0.1, 0.15) is 5.75 Å². The normalized spacial score (nSPS) is 10.7. The minimum atomic E-state index is -0.478. The van der Waals surface area contributed by atoms with Crippen LogP contribution in [0.3, 0.4) is 0 Å². The lowest BCUT2D eigenvalue weighted by atomic mass is 10.1. The van der Waals surface area contributed by atoms with E-state index in [2.05, 4.69) is 16.0 Å². The molecule has 0 spiro atoms. The van der Waals surface area contributed by atoms with Crippen LogP contribution in [-0.4, -0.2) is 36.1 Å². The van der Waals surface area contributed by atoms with Crippen LogP contribution in [0.5, 0.6) is 5.75 Å². The quantitative estimate of drug-likeness (QED) is 0.273. The molecule has 0 saturated carbocycles. The monoisotopic (exact) mass is 470 g/mol. The van der Waals surface area contributed by atoms with Gasteiger partial charge in [0, 0.05) is 37.3 Å². The first-order chi connectivity index (χ1) is 14.1.